The summed E-state index contributed by atoms with van der Waals surface area (Å²) in [5.74, 6) is 0.655. The van der Waals surface area contributed by atoms with Crippen molar-refractivity contribution in [1.82, 2.24) is 40.5 Å². The molecule has 4 aliphatic heterocycles. The van der Waals surface area contributed by atoms with Crippen LogP contribution >= 0.6 is 0 Å². The Kier molecular flexibility index (Phi) is 9.66. The predicted molar refractivity (Wildman–Crippen MR) is 205 cm³/mol. The molecule has 0 atom stereocenters. The molecule has 6 N–H and O–H groups in total. The van der Waals surface area contributed by atoms with Crippen LogP contribution in [0.5, 0.6) is 0 Å². The molecule has 0 fully saturated rings. The maximum Gasteiger partial charge on any atom is 0.252 e. The fourth-order valence-electron chi connectivity index (χ4n) is 6.66. The molecule has 0 saturated carbocycles. The third kappa shape index (κ3) is 7.20. The van der Waals surface area contributed by atoms with Crippen LogP contribution in [0.25, 0.3) is 33.9 Å². The second-order valence-electron chi connectivity index (χ2n) is 13.0. The lowest BCUT2D eigenvalue weighted by Crippen LogP contribution is -2.31. The Morgan fingerprint density at radius 3 is 1.35 bits per heavy atom. The van der Waals surface area contributed by atoms with Crippen LogP contribution in [0.2, 0.25) is 0 Å². The van der Waals surface area contributed by atoms with Gasteiger partial charge in [0.1, 0.15) is 11.6 Å². The summed E-state index contributed by atoms with van der Waals surface area (Å²) in [6.45, 7) is 2.35. The van der Waals surface area contributed by atoms with Gasteiger partial charge in [-0.05, 0) is 60.7 Å². The Morgan fingerprint density at radius 1 is 0.537 bits per heavy atom. The molecule has 54 heavy (non-hydrogen) atoms. The smallest absolute Gasteiger partial charge is 0.252 e. The lowest BCUT2D eigenvalue weighted by molar-refractivity contribution is 0.0945. The minimum absolute atomic E-state index is 0.260. The summed E-state index contributed by atoms with van der Waals surface area (Å²) >= 11 is 0. The van der Waals surface area contributed by atoms with Crippen LogP contribution in [0.15, 0.2) is 97.3 Å². The number of rotatable bonds is 6. The van der Waals surface area contributed by atoms with Crippen LogP contribution in [0.3, 0.4) is 0 Å². The fraction of sp³-hybridized carbons (Fsp3) is 0.200. The summed E-state index contributed by atoms with van der Waals surface area (Å²) in [6, 6.07) is 27.0. The first kappa shape index (κ1) is 34.4. The molecule has 14 bridgehead atoms. The van der Waals surface area contributed by atoms with E-state index in [9.17, 15) is 9.59 Å². The second kappa shape index (κ2) is 15.1. The van der Waals surface area contributed by atoms with Crippen LogP contribution < -0.4 is 31.9 Å². The number of fused-ring (bicyclic) bond motifs is 7. The molecule has 0 unspecified atom stereocenters. The zero-order chi connectivity index (χ0) is 37.0. The van der Waals surface area contributed by atoms with Crippen molar-refractivity contribution in [2.75, 3.05) is 36.0 Å². The second-order valence-corrected chi connectivity index (χ2v) is 13.0. The first-order valence-corrected chi connectivity index (χ1v) is 17.8. The van der Waals surface area contributed by atoms with Gasteiger partial charge in [0.25, 0.3) is 11.8 Å². The van der Waals surface area contributed by atoms with Crippen molar-refractivity contribution in [1.29, 1.82) is 0 Å². The van der Waals surface area contributed by atoms with E-state index in [0.717, 1.165) is 22.8 Å². The van der Waals surface area contributed by atoms with E-state index >= 15 is 0 Å². The van der Waals surface area contributed by atoms with Crippen molar-refractivity contribution in [2.24, 2.45) is 11.5 Å². The van der Waals surface area contributed by atoms with Gasteiger partial charge in [0, 0.05) is 49.7 Å². The molecule has 0 saturated heterocycles. The zero-order valence-electron chi connectivity index (χ0n) is 29.4. The maximum absolute atomic E-state index is 13.9. The van der Waals surface area contributed by atoms with E-state index in [0.29, 0.717) is 69.8 Å². The number of hydrogen-bond acceptors (Lipinski definition) is 12. The third-order valence-electron chi connectivity index (χ3n) is 9.23. The van der Waals surface area contributed by atoms with Gasteiger partial charge in [0.05, 0.1) is 82.9 Å². The Morgan fingerprint density at radius 2 is 0.926 bits per heavy atom. The number of carbonyl (C=O) groups excluding carboxylic acids is 2. The molecule has 0 aromatic carbocycles. The van der Waals surface area contributed by atoms with E-state index in [2.05, 4.69) is 20.4 Å². The zero-order valence-corrected chi connectivity index (χ0v) is 29.4. The molecule has 14 nitrogen and oxygen atoms in total. The number of pyridine rings is 6. The standard InChI is InChI=1S/C40H38N12O2/c41-13-15-43-39(53)29-17-27-23-51-21-25-5-1-7-33(47-25)34-8-2-6-26(48-34)22-52(38-12-4-10-36(50-38)35-9-3-11-37(51)49-35)24-28-18-30(40(54)44-16-14-42)32(20-46-28)31(29)19-45-27/h1-12,17-20H,13-16,21-24,41-42H2,(H,43,53)(H,44,54). The maximum atomic E-state index is 13.9. The predicted octanol–water partition coefficient (Wildman–Crippen LogP) is 3.48. The van der Waals surface area contributed by atoms with Crippen molar-refractivity contribution in [3.8, 4) is 33.9 Å². The highest BCUT2D eigenvalue weighted by Crippen LogP contribution is 2.31. The van der Waals surface area contributed by atoms with Gasteiger partial charge in [-0.25, -0.2) is 19.9 Å². The van der Waals surface area contributed by atoms with E-state index in [4.69, 9.17) is 41.4 Å². The number of anilines is 2. The van der Waals surface area contributed by atoms with Crippen molar-refractivity contribution in [2.45, 2.75) is 26.2 Å². The number of amides is 2. The molecule has 6 aromatic heterocycles. The Bertz CT molecular complexity index is 2200. The first-order valence-electron chi connectivity index (χ1n) is 17.8. The van der Waals surface area contributed by atoms with Crippen molar-refractivity contribution in [3.05, 3.63) is 131 Å². The monoisotopic (exact) mass is 718 g/mol. The number of nitrogens with one attached hydrogen (secondary N) is 2. The number of nitrogens with zero attached hydrogens (tertiary/aromatic N) is 8. The highest BCUT2D eigenvalue weighted by atomic mass is 16.2. The van der Waals surface area contributed by atoms with Gasteiger partial charge in [0.15, 0.2) is 0 Å². The molecule has 2 amide bonds. The molecule has 10 rings (SSSR count). The van der Waals surface area contributed by atoms with Crippen molar-refractivity contribution >= 4 is 23.5 Å². The van der Waals surface area contributed by atoms with Crippen LogP contribution in [-0.2, 0) is 26.2 Å². The summed E-state index contributed by atoms with van der Waals surface area (Å²) in [5, 5.41) is 5.81. The number of nitrogens with two attached hydrogens (primary N) is 2. The molecule has 270 valence electrons. The van der Waals surface area contributed by atoms with E-state index < -0.39 is 0 Å². The van der Waals surface area contributed by atoms with Crippen molar-refractivity contribution in [3.63, 3.8) is 0 Å². The Balaban J connectivity index is 1.40. The molecular formula is C40H38N12O2. The van der Waals surface area contributed by atoms with Crippen LogP contribution in [0.1, 0.15) is 43.5 Å². The number of carbonyl (C=O) groups is 2. The van der Waals surface area contributed by atoms with Gasteiger partial charge in [-0.3, -0.25) is 19.6 Å². The van der Waals surface area contributed by atoms with Crippen LogP contribution in [0, 0.1) is 0 Å². The lowest BCUT2D eigenvalue weighted by atomic mass is 9.96. The molecule has 14 heteroatoms. The van der Waals surface area contributed by atoms with E-state index in [1.807, 2.05) is 72.8 Å². The highest BCUT2D eigenvalue weighted by Gasteiger charge is 2.24. The van der Waals surface area contributed by atoms with Crippen LogP contribution in [-0.4, -0.2) is 67.9 Å². The average Bonchev–Trinajstić information content (AvgIpc) is 3.21. The quantitative estimate of drug-likeness (QED) is 0.196. The van der Waals surface area contributed by atoms with Gasteiger partial charge in [-0.1, -0.05) is 24.3 Å². The van der Waals surface area contributed by atoms with Crippen LogP contribution in [0.4, 0.5) is 11.6 Å². The minimum atomic E-state index is -0.349. The molecular weight excluding hydrogens is 681 g/mol. The largest absolute Gasteiger partial charge is 0.351 e. The molecule has 10 heterocycles. The normalized spacial score (nSPS) is 13.1. The summed E-state index contributed by atoms with van der Waals surface area (Å²) in [5.41, 5.74) is 18.7. The first-order chi connectivity index (χ1) is 26.4. The molecule has 0 spiro atoms. The number of hydrogen-bond donors (Lipinski definition) is 4. The van der Waals surface area contributed by atoms with Gasteiger partial charge in [0.2, 0.25) is 0 Å². The van der Waals surface area contributed by atoms with Gasteiger partial charge in [-0.15, -0.1) is 0 Å². The lowest BCUT2D eigenvalue weighted by Gasteiger charge is -2.26. The van der Waals surface area contributed by atoms with E-state index in [-0.39, 0.29) is 51.1 Å². The molecule has 0 radical (unpaired) electrons. The number of aromatic nitrogens is 6. The topological polar surface area (TPSA) is 194 Å². The summed E-state index contributed by atoms with van der Waals surface area (Å²) in [4.78, 5) is 61.9. The van der Waals surface area contributed by atoms with Gasteiger partial charge in [-0.2, -0.15) is 0 Å². The van der Waals surface area contributed by atoms with E-state index in [1.54, 1.807) is 24.5 Å². The average molecular weight is 719 g/mol. The van der Waals surface area contributed by atoms with Gasteiger partial charge < -0.3 is 31.9 Å². The summed E-state index contributed by atoms with van der Waals surface area (Å²) in [7, 11) is 0. The SMILES string of the molecule is NCCNC(=O)c1cc2ncc1-c1cnc(cc1C(=O)NCCN)CN1Cc3cccc(n3)-c3cccc(n3)CN(C2)c2cccc(n2)-c2cccc1n2. The third-order valence-corrected chi connectivity index (χ3v) is 9.23. The molecule has 4 aliphatic rings. The summed E-state index contributed by atoms with van der Waals surface area (Å²) < 4.78 is 0. The molecule has 6 aromatic rings. The van der Waals surface area contributed by atoms with Crippen molar-refractivity contribution < 1.29 is 9.59 Å². The van der Waals surface area contributed by atoms with E-state index in [1.165, 1.54) is 0 Å². The highest BCUT2D eigenvalue weighted by molar-refractivity contribution is 6.06. The summed E-state index contributed by atoms with van der Waals surface area (Å²) in [6.07, 6.45) is 3.26. The Labute approximate surface area is 311 Å². The minimum Gasteiger partial charge on any atom is -0.351 e. The fourth-order valence-corrected chi connectivity index (χ4v) is 6.66. The Hall–Kier alpha value is -6.64. The molecule has 0 aliphatic carbocycles. The van der Waals surface area contributed by atoms with Gasteiger partial charge >= 0.3 is 0 Å².